The number of anilines is 1. The second-order valence-corrected chi connectivity index (χ2v) is 7.41. The minimum atomic E-state index is -0.489. The molecule has 0 aromatic heterocycles. The van der Waals surface area contributed by atoms with Crippen LogP contribution in [0, 0.1) is 6.92 Å². The van der Waals surface area contributed by atoms with Crippen LogP contribution in [0.15, 0.2) is 18.2 Å². The summed E-state index contributed by atoms with van der Waals surface area (Å²) in [5.41, 5.74) is 1.49. The lowest BCUT2D eigenvalue weighted by atomic mass is 10.0. The van der Waals surface area contributed by atoms with Crippen LogP contribution in [0.25, 0.3) is 0 Å². The number of likely N-dealkylation sites (tertiary alicyclic amines) is 1. The zero-order valence-electron chi connectivity index (χ0n) is 16.6. The monoisotopic (exact) mass is 389 g/mol. The van der Waals surface area contributed by atoms with Gasteiger partial charge in [0, 0.05) is 31.5 Å². The molecule has 0 aliphatic carbocycles. The van der Waals surface area contributed by atoms with Crippen LogP contribution in [-0.2, 0) is 19.1 Å². The Kier molecular flexibility index (Phi) is 6.00. The lowest BCUT2D eigenvalue weighted by Gasteiger charge is -2.38. The van der Waals surface area contributed by atoms with E-state index in [0.29, 0.717) is 43.9 Å². The van der Waals surface area contributed by atoms with Gasteiger partial charge >= 0.3 is 0 Å². The summed E-state index contributed by atoms with van der Waals surface area (Å²) in [6.07, 6.45) is 0.695. The van der Waals surface area contributed by atoms with Crippen molar-refractivity contribution in [3.63, 3.8) is 0 Å². The van der Waals surface area contributed by atoms with Gasteiger partial charge in [0.25, 0.3) is 5.91 Å². The second-order valence-electron chi connectivity index (χ2n) is 7.41. The van der Waals surface area contributed by atoms with Crippen molar-refractivity contribution in [3.8, 4) is 0 Å². The van der Waals surface area contributed by atoms with Crippen LogP contribution in [0.3, 0.4) is 0 Å². The molecule has 0 bridgehead atoms. The Morgan fingerprint density at radius 1 is 1.32 bits per heavy atom. The van der Waals surface area contributed by atoms with Gasteiger partial charge in [-0.3, -0.25) is 14.4 Å². The number of carbonyl (C=O) groups is 3. The van der Waals surface area contributed by atoms with Gasteiger partial charge in [0.15, 0.2) is 0 Å². The van der Waals surface area contributed by atoms with Gasteiger partial charge in [-0.15, -0.1) is 0 Å². The number of hydrogen-bond donors (Lipinski definition) is 1. The first-order chi connectivity index (χ1) is 13.3. The van der Waals surface area contributed by atoms with Crippen molar-refractivity contribution in [2.24, 2.45) is 0 Å². The van der Waals surface area contributed by atoms with Crippen LogP contribution in [0.5, 0.6) is 0 Å². The summed E-state index contributed by atoms with van der Waals surface area (Å²) < 4.78 is 10.9. The van der Waals surface area contributed by atoms with Gasteiger partial charge in [-0.2, -0.15) is 0 Å². The van der Waals surface area contributed by atoms with Crippen molar-refractivity contribution in [1.82, 2.24) is 9.80 Å². The fourth-order valence-corrected chi connectivity index (χ4v) is 3.61. The summed E-state index contributed by atoms with van der Waals surface area (Å²) in [6, 6.07) is 5.28. The normalized spacial score (nSPS) is 22.0. The lowest BCUT2D eigenvalue weighted by Crippen LogP contribution is -2.54. The molecule has 2 aliphatic rings. The van der Waals surface area contributed by atoms with Gasteiger partial charge in [0.1, 0.15) is 18.8 Å². The molecule has 1 unspecified atom stereocenters. The first-order valence-corrected chi connectivity index (χ1v) is 9.49. The molecule has 8 heteroatoms. The third-order valence-corrected chi connectivity index (χ3v) is 5.25. The van der Waals surface area contributed by atoms with E-state index in [1.165, 1.54) is 0 Å². The summed E-state index contributed by atoms with van der Waals surface area (Å²) in [6.45, 7) is 5.70. The van der Waals surface area contributed by atoms with E-state index in [0.717, 1.165) is 5.56 Å². The molecule has 152 valence electrons. The number of benzene rings is 1. The highest BCUT2D eigenvalue weighted by atomic mass is 16.5. The largest absolute Gasteiger partial charge is 0.372 e. The minimum Gasteiger partial charge on any atom is -0.372 e. The zero-order valence-corrected chi connectivity index (χ0v) is 16.6. The van der Waals surface area contributed by atoms with Gasteiger partial charge in [-0.1, -0.05) is 6.07 Å². The Bertz CT molecular complexity index is 781. The Morgan fingerprint density at radius 3 is 2.82 bits per heavy atom. The first kappa shape index (κ1) is 20.3. The summed E-state index contributed by atoms with van der Waals surface area (Å²) in [4.78, 5) is 40.0. The smallest absolute Gasteiger partial charge is 0.254 e. The van der Waals surface area contributed by atoms with E-state index in [1.807, 2.05) is 19.9 Å². The van der Waals surface area contributed by atoms with Gasteiger partial charge in [-0.05, 0) is 38.0 Å². The number of rotatable bonds is 5. The maximum Gasteiger partial charge on any atom is 0.254 e. The predicted molar refractivity (Wildman–Crippen MR) is 103 cm³/mol. The molecule has 1 aromatic carbocycles. The van der Waals surface area contributed by atoms with E-state index in [-0.39, 0.29) is 30.9 Å². The third-order valence-electron chi connectivity index (χ3n) is 5.25. The highest BCUT2D eigenvalue weighted by molar-refractivity contribution is 5.98. The number of nitrogens with one attached hydrogen (secondary N) is 1. The van der Waals surface area contributed by atoms with Crippen LogP contribution < -0.4 is 5.32 Å². The fourth-order valence-electron chi connectivity index (χ4n) is 3.61. The molecule has 1 spiro atoms. The number of hydrogen-bond acceptors (Lipinski definition) is 5. The Labute approximate surface area is 164 Å². The van der Waals surface area contributed by atoms with E-state index in [4.69, 9.17) is 9.47 Å². The molecule has 2 heterocycles. The van der Waals surface area contributed by atoms with Crippen LogP contribution in [-0.4, -0.2) is 79.6 Å². The van der Waals surface area contributed by atoms with Crippen molar-refractivity contribution in [2.75, 3.05) is 51.8 Å². The maximum atomic E-state index is 13.0. The molecular formula is C20H27N3O5. The second kappa shape index (κ2) is 8.28. The molecule has 3 amide bonds. The molecule has 2 saturated heterocycles. The quantitative estimate of drug-likeness (QED) is 0.813. The molecule has 1 aromatic rings. The summed E-state index contributed by atoms with van der Waals surface area (Å²) in [5, 5.41) is 2.79. The predicted octanol–water partition coefficient (Wildman–Crippen LogP) is 1.04. The molecule has 28 heavy (non-hydrogen) atoms. The average Bonchev–Trinajstić information content (AvgIpc) is 3.08. The standard InChI is InChI=1S/C20H27N3O5/c1-4-27-10-17(24)21-16-9-15(6-5-14(16)2)19(26)23-8-7-20(13-23)12-22(3)18(25)11-28-20/h5-6,9H,4,7-8,10-13H2,1-3H3,(H,21,24). The topological polar surface area (TPSA) is 88.2 Å². The molecule has 3 rings (SSSR count). The molecule has 8 nitrogen and oxygen atoms in total. The maximum absolute atomic E-state index is 13.0. The summed E-state index contributed by atoms with van der Waals surface area (Å²) >= 11 is 0. The summed E-state index contributed by atoms with van der Waals surface area (Å²) in [5.74, 6) is -0.403. The molecule has 1 atom stereocenters. The van der Waals surface area contributed by atoms with Crippen LogP contribution in [0.2, 0.25) is 0 Å². The number of aryl methyl sites for hydroxylation is 1. The van der Waals surface area contributed by atoms with E-state index >= 15 is 0 Å². The van der Waals surface area contributed by atoms with E-state index < -0.39 is 5.60 Å². The number of nitrogens with zero attached hydrogens (tertiary/aromatic N) is 2. The fraction of sp³-hybridized carbons (Fsp3) is 0.550. The molecule has 2 aliphatic heterocycles. The van der Waals surface area contributed by atoms with Gasteiger partial charge in [0.05, 0.1) is 13.1 Å². The number of likely N-dealkylation sites (N-methyl/N-ethyl adjacent to an activating group) is 1. The average molecular weight is 389 g/mol. The SMILES string of the molecule is CCOCC(=O)Nc1cc(C(=O)N2CCC3(CN(C)C(=O)CO3)C2)ccc1C. The van der Waals surface area contributed by atoms with Crippen molar-refractivity contribution in [3.05, 3.63) is 29.3 Å². The summed E-state index contributed by atoms with van der Waals surface area (Å²) in [7, 11) is 1.76. The molecular weight excluding hydrogens is 362 g/mol. The first-order valence-electron chi connectivity index (χ1n) is 9.49. The minimum absolute atomic E-state index is 0.0215. The van der Waals surface area contributed by atoms with Crippen LogP contribution in [0.1, 0.15) is 29.3 Å². The number of morpholine rings is 1. The van der Waals surface area contributed by atoms with E-state index in [9.17, 15) is 14.4 Å². The lowest BCUT2D eigenvalue weighted by molar-refractivity contribution is -0.158. The molecule has 2 fully saturated rings. The molecule has 1 N–H and O–H groups in total. The van der Waals surface area contributed by atoms with Crippen molar-refractivity contribution in [1.29, 1.82) is 0 Å². The van der Waals surface area contributed by atoms with Crippen LogP contribution >= 0.6 is 0 Å². The Morgan fingerprint density at radius 2 is 2.11 bits per heavy atom. The van der Waals surface area contributed by atoms with Crippen LogP contribution in [0.4, 0.5) is 5.69 Å². The third kappa shape index (κ3) is 4.34. The number of carbonyl (C=O) groups excluding carboxylic acids is 3. The van der Waals surface area contributed by atoms with Crippen molar-refractivity contribution >= 4 is 23.4 Å². The zero-order chi connectivity index (χ0) is 20.3. The van der Waals surface area contributed by atoms with Gasteiger partial charge < -0.3 is 24.6 Å². The van der Waals surface area contributed by atoms with Crippen molar-refractivity contribution in [2.45, 2.75) is 25.9 Å². The van der Waals surface area contributed by atoms with Gasteiger partial charge in [0.2, 0.25) is 11.8 Å². The van der Waals surface area contributed by atoms with Gasteiger partial charge in [-0.25, -0.2) is 0 Å². The number of ether oxygens (including phenoxy) is 2. The Balaban J connectivity index is 1.68. The molecule has 0 radical (unpaired) electrons. The van der Waals surface area contributed by atoms with E-state index in [1.54, 1.807) is 29.0 Å². The highest BCUT2D eigenvalue weighted by Crippen LogP contribution is 2.30. The Hall–Kier alpha value is -2.45. The van der Waals surface area contributed by atoms with Crippen molar-refractivity contribution < 1.29 is 23.9 Å². The highest BCUT2D eigenvalue weighted by Gasteiger charge is 2.45. The number of amides is 3. The van der Waals surface area contributed by atoms with E-state index in [2.05, 4.69) is 5.32 Å². The molecule has 0 saturated carbocycles.